The van der Waals surface area contributed by atoms with E-state index < -0.39 is 0 Å². The minimum Gasteiger partial charge on any atom is -0.492 e. The number of ether oxygens (including phenoxy) is 2. The Kier molecular flexibility index (Phi) is 3.64. The van der Waals surface area contributed by atoms with E-state index in [4.69, 9.17) is 9.47 Å². The van der Waals surface area contributed by atoms with E-state index >= 15 is 0 Å². The number of para-hydroxylation sites is 1. The van der Waals surface area contributed by atoms with Gasteiger partial charge in [0.25, 0.3) is 0 Å². The summed E-state index contributed by atoms with van der Waals surface area (Å²) in [7, 11) is 0. The molecule has 5 heteroatoms. The van der Waals surface area contributed by atoms with Gasteiger partial charge in [0.15, 0.2) is 0 Å². The Morgan fingerprint density at radius 3 is 2.90 bits per heavy atom. The van der Waals surface area contributed by atoms with Crippen LogP contribution < -0.4 is 5.01 Å². The zero-order valence-electron chi connectivity index (χ0n) is 12.2. The lowest BCUT2D eigenvalue weighted by molar-refractivity contribution is -0.135. The average molecular weight is 286 g/mol. The molecule has 0 bridgehead atoms. The second-order valence-electron chi connectivity index (χ2n) is 5.08. The van der Waals surface area contributed by atoms with Crippen LogP contribution in [0.3, 0.4) is 0 Å². The number of carbonyl (C=O) groups is 1. The maximum absolute atomic E-state index is 12.0. The van der Waals surface area contributed by atoms with Crippen molar-refractivity contribution >= 4 is 17.4 Å². The second-order valence-corrected chi connectivity index (χ2v) is 5.08. The highest BCUT2D eigenvalue weighted by Crippen LogP contribution is 2.32. The number of rotatable bonds is 3. The van der Waals surface area contributed by atoms with Gasteiger partial charge in [-0.05, 0) is 32.1 Å². The monoisotopic (exact) mass is 286 g/mol. The molecule has 0 saturated carbocycles. The molecule has 2 atom stereocenters. The summed E-state index contributed by atoms with van der Waals surface area (Å²) in [4.78, 5) is 12.0. The summed E-state index contributed by atoms with van der Waals surface area (Å²) in [5.74, 6) is 0.497. The van der Waals surface area contributed by atoms with E-state index in [1.807, 2.05) is 48.3 Å². The molecule has 0 fully saturated rings. The molecule has 110 valence electrons. The van der Waals surface area contributed by atoms with Crippen molar-refractivity contribution in [3.8, 4) is 0 Å². The van der Waals surface area contributed by atoms with Crippen molar-refractivity contribution < 1.29 is 14.3 Å². The minimum atomic E-state index is -0.370. The van der Waals surface area contributed by atoms with E-state index in [0.29, 0.717) is 18.7 Å². The molecule has 2 heterocycles. The summed E-state index contributed by atoms with van der Waals surface area (Å²) in [6.07, 6.45) is 2.42. The quantitative estimate of drug-likeness (QED) is 0.801. The minimum absolute atomic E-state index is 0.0191. The number of anilines is 1. The smallest absolute Gasteiger partial charge is 0.354 e. The largest absolute Gasteiger partial charge is 0.492 e. The van der Waals surface area contributed by atoms with Crippen LogP contribution >= 0.6 is 0 Å². The fourth-order valence-corrected chi connectivity index (χ4v) is 2.66. The third kappa shape index (κ3) is 2.63. The summed E-state index contributed by atoms with van der Waals surface area (Å²) < 4.78 is 10.9. The van der Waals surface area contributed by atoms with E-state index in [2.05, 4.69) is 5.10 Å². The lowest BCUT2D eigenvalue weighted by Gasteiger charge is -2.33. The third-order valence-corrected chi connectivity index (χ3v) is 3.56. The molecule has 0 radical (unpaired) electrons. The van der Waals surface area contributed by atoms with E-state index in [1.165, 1.54) is 0 Å². The number of nitrogens with zero attached hydrogens (tertiary/aromatic N) is 2. The highest BCUT2D eigenvalue weighted by molar-refractivity contribution is 6.37. The number of carbonyl (C=O) groups excluding carboxylic acids is 1. The van der Waals surface area contributed by atoms with Crippen molar-refractivity contribution in [3.63, 3.8) is 0 Å². The molecule has 1 aromatic carbocycles. The lowest BCUT2D eigenvalue weighted by atomic mass is 10.0. The molecular weight excluding hydrogens is 268 g/mol. The Morgan fingerprint density at radius 2 is 2.19 bits per heavy atom. The van der Waals surface area contributed by atoms with E-state index in [9.17, 15) is 4.79 Å². The summed E-state index contributed by atoms with van der Waals surface area (Å²) in [5.41, 5.74) is 1.34. The second kappa shape index (κ2) is 5.60. The molecule has 2 unspecified atom stereocenters. The van der Waals surface area contributed by atoms with Gasteiger partial charge in [-0.1, -0.05) is 18.2 Å². The molecule has 2 aliphatic heterocycles. The van der Waals surface area contributed by atoms with Crippen LogP contribution in [0.5, 0.6) is 0 Å². The molecule has 5 nitrogen and oxygen atoms in total. The number of allylic oxidation sites excluding steroid dienone is 1. The van der Waals surface area contributed by atoms with Crippen LogP contribution in [0.1, 0.15) is 20.3 Å². The fraction of sp³-hybridized carbons (Fsp3) is 0.375. The molecule has 21 heavy (non-hydrogen) atoms. The first kappa shape index (κ1) is 13.7. The average Bonchev–Trinajstić information content (AvgIpc) is 2.87. The molecule has 0 amide bonds. The van der Waals surface area contributed by atoms with Crippen LogP contribution in [0, 0.1) is 0 Å². The maximum atomic E-state index is 12.0. The van der Waals surface area contributed by atoms with Gasteiger partial charge in [-0.2, -0.15) is 5.10 Å². The summed E-state index contributed by atoms with van der Waals surface area (Å²) in [6.45, 7) is 4.05. The topological polar surface area (TPSA) is 51.1 Å². The van der Waals surface area contributed by atoms with Crippen LogP contribution in [-0.4, -0.2) is 30.4 Å². The van der Waals surface area contributed by atoms with Crippen LogP contribution in [-0.2, 0) is 14.3 Å². The molecule has 0 aromatic heterocycles. The SMILES string of the molecule is CCOC(=O)C1=NN(c2ccccc2)C2C=C(C)OC2C1. The van der Waals surface area contributed by atoms with Crippen molar-refractivity contribution in [2.24, 2.45) is 5.10 Å². The van der Waals surface area contributed by atoms with Gasteiger partial charge in [-0.25, -0.2) is 4.79 Å². The molecular formula is C16H18N2O3. The standard InChI is InChI=1S/C16H18N2O3/c1-3-20-16(19)13-10-15-14(9-11(2)21-15)18(17-13)12-7-5-4-6-8-12/h4-9,14-15H,3,10H2,1-2H3. The van der Waals surface area contributed by atoms with Crippen molar-refractivity contribution in [1.29, 1.82) is 0 Å². The van der Waals surface area contributed by atoms with Crippen LogP contribution in [0.2, 0.25) is 0 Å². The predicted octanol–water partition coefficient (Wildman–Crippen LogP) is 2.49. The van der Waals surface area contributed by atoms with Crippen molar-refractivity contribution in [3.05, 3.63) is 42.2 Å². The van der Waals surface area contributed by atoms with E-state index in [1.54, 1.807) is 6.92 Å². The van der Waals surface area contributed by atoms with Gasteiger partial charge >= 0.3 is 5.97 Å². The third-order valence-electron chi connectivity index (χ3n) is 3.56. The Balaban J connectivity index is 1.95. The van der Waals surface area contributed by atoms with Crippen LogP contribution in [0.4, 0.5) is 5.69 Å². The predicted molar refractivity (Wildman–Crippen MR) is 80.0 cm³/mol. The molecule has 0 aliphatic carbocycles. The Hall–Kier alpha value is -2.30. The van der Waals surface area contributed by atoms with Gasteiger partial charge in [0.1, 0.15) is 17.9 Å². The number of esters is 1. The van der Waals surface area contributed by atoms with Crippen molar-refractivity contribution in [2.45, 2.75) is 32.4 Å². The van der Waals surface area contributed by atoms with Crippen molar-refractivity contribution in [2.75, 3.05) is 11.6 Å². The molecule has 1 aromatic rings. The number of hydrogen-bond donors (Lipinski definition) is 0. The first-order valence-corrected chi connectivity index (χ1v) is 7.13. The lowest BCUT2D eigenvalue weighted by Crippen LogP contribution is -2.45. The number of benzene rings is 1. The molecule has 0 spiro atoms. The van der Waals surface area contributed by atoms with Crippen LogP contribution in [0.25, 0.3) is 0 Å². The van der Waals surface area contributed by atoms with Gasteiger partial charge in [0, 0.05) is 6.42 Å². The highest BCUT2D eigenvalue weighted by atomic mass is 16.5. The normalized spacial score (nSPS) is 23.8. The Bertz CT molecular complexity index is 595. The van der Waals surface area contributed by atoms with Crippen molar-refractivity contribution in [1.82, 2.24) is 0 Å². The van der Waals surface area contributed by atoms with Gasteiger partial charge in [0.05, 0.1) is 18.1 Å². The maximum Gasteiger partial charge on any atom is 0.354 e. The number of hydrogen-bond acceptors (Lipinski definition) is 5. The first-order chi connectivity index (χ1) is 10.2. The van der Waals surface area contributed by atoms with Gasteiger partial charge in [0.2, 0.25) is 0 Å². The Labute approximate surface area is 123 Å². The first-order valence-electron chi connectivity index (χ1n) is 7.13. The zero-order chi connectivity index (χ0) is 14.8. The number of fused-ring (bicyclic) bond motifs is 1. The number of hydrazone groups is 1. The Morgan fingerprint density at radius 1 is 1.43 bits per heavy atom. The van der Waals surface area contributed by atoms with Gasteiger partial charge in [-0.15, -0.1) is 0 Å². The van der Waals surface area contributed by atoms with Crippen LogP contribution in [0.15, 0.2) is 47.3 Å². The van der Waals surface area contributed by atoms with E-state index in [-0.39, 0.29) is 18.1 Å². The summed E-state index contributed by atoms with van der Waals surface area (Å²) in [6, 6.07) is 9.81. The molecule has 0 N–H and O–H groups in total. The molecule has 2 aliphatic rings. The zero-order valence-corrected chi connectivity index (χ0v) is 12.2. The van der Waals surface area contributed by atoms with Gasteiger partial charge in [-0.3, -0.25) is 5.01 Å². The molecule has 0 saturated heterocycles. The van der Waals surface area contributed by atoms with E-state index in [0.717, 1.165) is 11.4 Å². The summed E-state index contributed by atoms with van der Waals surface area (Å²) >= 11 is 0. The fourth-order valence-electron chi connectivity index (χ4n) is 2.66. The van der Waals surface area contributed by atoms with Gasteiger partial charge < -0.3 is 9.47 Å². The highest BCUT2D eigenvalue weighted by Gasteiger charge is 2.39. The summed E-state index contributed by atoms with van der Waals surface area (Å²) in [5, 5.41) is 6.34. The molecule has 3 rings (SSSR count).